The monoisotopic (exact) mass is 269 g/mol. The van der Waals surface area contributed by atoms with Crippen molar-refractivity contribution in [3.05, 3.63) is 54.6 Å². The lowest BCUT2D eigenvalue weighted by molar-refractivity contribution is 0.301. The molecule has 0 saturated carbocycles. The Labute approximate surface area is 116 Å². The molecule has 0 unspecified atom stereocenters. The molecule has 0 aliphatic rings. The lowest BCUT2D eigenvalue weighted by atomic mass is 10.2. The minimum atomic E-state index is 0.0592. The van der Waals surface area contributed by atoms with Gasteiger partial charge in [0.25, 0.3) is 0 Å². The zero-order chi connectivity index (χ0) is 13.8. The van der Waals surface area contributed by atoms with E-state index in [0.717, 1.165) is 11.4 Å². The van der Waals surface area contributed by atoms with E-state index in [0.29, 0.717) is 18.7 Å². The molecule has 0 radical (unpaired) electrons. The first-order valence-electron chi connectivity index (χ1n) is 6.42. The van der Waals surface area contributed by atoms with Crippen LogP contribution in [0.25, 0.3) is 5.65 Å². The van der Waals surface area contributed by atoms with Crippen LogP contribution < -0.4 is 4.90 Å². The van der Waals surface area contributed by atoms with E-state index >= 15 is 0 Å². The number of aromatic nitrogens is 4. The van der Waals surface area contributed by atoms with Gasteiger partial charge in [0.2, 0.25) is 5.65 Å². The van der Waals surface area contributed by atoms with Crippen LogP contribution in [0.3, 0.4) is 0 Å². The Bertz CT molecular complexity index is 682. The summed E-state index contributed by atoms with van der Waals surface area (Å²) in [5.74, 6) is 0.725. The minimum Gasteiger partial charge on any atom is -0.395 e. The second kappa shape index (κ2) is 5.66. The summed E-state index contributed by atoms with van der Waals surface area (Å²) in [5.41, 5.74) is 1.85. The summed E-state index contributed by atoms with van der Waals surface area (Å²) in [4.78, 5) is 6.39. The standard InChI is InChI=1S/C14H15N5O/c20-9-8-18(10-12-4-2-1-3-5-12)13-14-17-16-11-19(14)7-6-15-13/h1-7,11,20H,8-10H2. The average Bonchev–Trinajstić information content (AvgIpc) is 2.96. The molecule has 2 aromatic heterocycles. The van der Waals surface area contributed by atoms with Gasteiger partial charge in [0.05, 0.1) is 6.61 Å². The number of fused-ring (bicyclic) bond motifs is 1. The van der Waals surface area contributed by atoms with Crippen LogP contribution in [-0.4, -0.2) is 37.8 Å². The fraction of sp³-hybridized carbons (Fsp3) is 0.214. The van der Waals surface area contributed by atoms with Crippen LogP contribution in [-0.2, 0) is 6.54 Å². The smallest absolute Gasteiger partial charge is 0.203 e. The highest BCUT2D eigenvalue weighted by Crippen LogP contribution is 2.18. The van der Waals surface area contributed by atoms with Crippen LogP contribution in [0, 0.1) is 0 Å². The quantitative estimate of drug-likeness (QED) is 0.752. The molecule has 1 aromatic carbocycles. The lowest BCUT2D eigenvalue weighted by Gasteiger charge is -2.22. The van der Waals surface area contributed by atoms with Crippen molar-refractivity contribution in [3.8, 4) is 0 Å². The molecule has 0 atom stereocenters. The molecule has 0 amide bonds. The molecule has 6 heteroatoms. The zero-order valence-corrected chi connectivity index (χ0v) is 10.9. The first kappa shape index (κ1) is 12.6. The van der Waals surface area contributed by atoms with Gasteiger partial charge in [-0.1, -0.05) is 30.3 Å². The molecule has 0 aliphatic heterocycles. The minimum absolute atomic E-state index is 0.0592. The van der Waals surface area contributed by atoms with Crippen LogP contribution in [0.15, 0.2) is 49.1 Å². The van der Waals surface area contributed by atoms with Gasteiger partial charge in [0.1, 0.15) is 6.33 Å². The van der Waals surface area contributed by atoms with Crippen molar-refractivity contribution in [2.75, 3.05) is 18.1 Å². The van der Waals surface area contributed by atoms with Gasteiger partial charge in [-0.05, 0) is 5.56 Å². The van der Waals surface area contributed by atoms with Crippen molar-refractivity contribution in [2.24, 2.45) is 0 Å². The number of hydrogen-bond donors (Lipinski definition) is 1. The molecule has 3 rings (SSSR count). The summed E-state index contributed by atoms with van der Waals surface area (Å²) in [6, 6.07) is 10.1. The van der Waals surface area contributed by atoms with Crippen molar-refractivity contribution in [2.45, 2.75) is 6.54 Å². The molecule has 0 spiro atoms. The van der Waals surface area contributed by atoms with Crippen LogP contribution in [0.2, 0.25) is 0 Å². The number of benzene rings is 1. The molecule has 2 heterocycles. The largest absolute Gasteiger partial charge is 0.395 e. The van der Waals surface area contributed by atoms with Gasteiger partial charge in [0, 0.05) is 25.5 Å². The van der Waals surface area contributed by atoms with E-state index in [9.17, 15) is 5.11 Å². The molecule has 6 nitrogen and oxygen atoms in total. The molecule has 0 bridgehead atoms. The maximum atomic E-state index is 9.29. The SMILES string of the molecule is OCCN(Cc1ccccc1)c1nccn2cnnc12. The molecule has 0 fully saturated rings. The Morgan fingerprint density at radius 1 is 1.20 bits per heavy atom. The van der Waals surface area contributed by atoms with Gasteiger partial charge in [-0.15, -0.1) is 10.2 Å². The number of aliphatic hydroxyl groups is 1. The van der Waals surface area contributed by atoms with E-state index in [1.165, 1.54) is 0 Å². The number of rotatable bonds is 5. The first-order valence-corrected chi connectivity index (χ1v) is 6.42. The number of aliphatic hydroxyl groups excluding tert-OH is 1. The molecule has 3 aromatic rings. The van der Waals surface area contributed by atoms with E-state index in [1.807, 2.05) is 39.6 Å². The van der Waals surface area contributed by atoms with Gasteiger partial charge in [-0.2, -0.15) is 0 Å². The van der Waals surface area contributed by atoms with Crippen LogP contribution in [0.1, 0.15) is 5.56 Å². The van der Waals surface area contributed by atoms with Crippen LogP contribution >= 0.6 is 0 Å². The molecule has 102 valence electrons. The van der Waals surface area contributed by atoms with Crippen molar-refractivity contribution in [1.82, 2.24) is 19.6 Å². The van der Waals surface area contributed by atoms with E-state index < -0.39 is 0 Å². The number of nitrogens with zero attached hydrogens (tertiary/aromatic N) is 5. The molecule has 0 saturated heterocycles. The topological polar surface area (TPSA) is 66.5 Å². The Morgan fingerprint density at radius 2 is 2.05 bits per heavy atom. The zero-order valence-electron chi connectivity index (χ0n) is 10.9. The molecule has 20 heavy (non-hydrogen) atoms. The maximum Gasteiger partial charge on any atom is 0.203 e. The van der Waals surface area contributed by atoms with Gasteiger partial charge in [-0.25, -0.2) is 4.98 Å². The van der Waals surface area contributed by atoms with Gasteiger partial charge in [-0.3, -0.25) is 4.40 Å². The summed E-state index contributed by atoms with van der Waals surface area (Å²) in [6.07, 6.45) is 5.15. The van der Waals surface area contributed by atoms with Crippen molar-refractivity contribution < 1.29 is 5.11 Å². The molecular weight excluding hydrogens is 254 g/mol. The van der Waals surface area contributed by atoms with Crippen molar-refractivity contribution in [3.63, 3.8) is 0 Å². The highest BCUT2D eigenvalue weighted by atomic mass is 16.3. The Morgan fingerprint density at radius 3 is 2.85 bits per heavy atom. The Hall–Kier alpha value is -2.47. The Kier molecular flexibility index (Phi) is 3.56. The second-order valence-electron chi connectivity index (χ2n) is 4.44. The normalized spacial score (nSPS) is 10.8. The summed E-state index contributed by atoms with van der Waals surface area (Å²) in [7, 11) is 0. The van der Waals surface area contributed by atoms with Gasteiger partial charge >= 0.3 is 0 Å². The predicted octanol–water partition coefficient (Wildman–Crippen LogP) is 1.12. The third kappa shape index (κ3) is 2.46. The number of hydrogen-bond acceptors (Lipinski definition) is 5. The fourth-order valence-corrected chi connectivity index (χ4v) is 2.15. The van der Waals surface area contributed by atoms with E-state index in [2.05, 4.69) is 15.2 Å². The highest BCUT2D eigenvalue weighted by Gasteiger charge is 2.13. The lowest BCUT2D eigenvalue weighted by Crippen LogP contribution is -2.27. The summed E-state index contributed by atoms with van der Waals surface area (Å²) >= 11 is 0. The van der Waals surface area contributed by atoms with Crippen LogP contribution in [0.4, 0.5) is 5.82 Å². The first-order chi connectivity index (χ1) is 9.88. The fourth-order valence-electron chi connectivity index (χ4n) is 2.15. The summed E-state index contributed by atoms with van der Waals surface area (Å²) in [6.45, 7) is 1.22. The Balaban J connectivity index is 1.96. The maximum absolute atomic E-state index is 9.29. The second-order valence-corrected chi connectivity index (χ2v) is 4.44. The predicted molar refractivity (Wildman–Crippen MR) is 75.4 cm³/mol. The van der Waals surface area contributed by atoms with E-state index in [1.54, 1.807) is 18.7 Å². The molecular formula is C14H15N5O. The van der Waals surface area contributed by atoms with E-state index in [4.69, 9.17) is 0 Å². The van der Waals surface area contributed by atoms with Crippen molar-refractivity contribution in [1.29, 1.82) is 0 Å². The van der Waals surface area contributed by atoms with Gasteiger partial charge < -0.3 is 10.0 Å². The third-order valence-electron chi connectivity index (χ3n) is 3.08. The molecule has 0 aliphatic carbocycles. The third-order valence-corrected chi connectivity index (χ3v) is 3.08. The van der Waals surface area contributed by atoms with E-state index in [-0.39, 0.29) is 6.61 Å². The van der Waals surface area contributed by atoms with Gasteiger partial charge in [0.15, 0.2) is 5.82 Å². The highest BCUT2D eigenvalue weighted by molar-refractivity contribution is 5.63. The summed E-state index contributed by atoms with van der Waals surface area (Å²) in [5, 5.41) is 17.3. The summed E-state index contributed by atoms with van der Waals surface area (Å²) < 4.78 is 1.82. The number of anilines is 1. The van der Waals surface area contributed by atoms with Crippen LogP contribution in [0.5, 0.6) is 0 Å². The molecule has 1 N–H and O–H groups in total. The average molecular weight is 269 g/mol. The van der Waals surface area contributed by atoms with Crippen molar-refractivity contribution >= 4 is 11.5 Å².